The van der Waals surface area contributed by atoms with E-state index in [1.807, 2.05) is 0 Å². The molecule has 0 aliphatic rings. The van der Waals surface area contributed by atoms with Gasteiger partial charge in [-0.3, -0.25) is 14.0 Å². The summed E-state index contributed by atoms with van der Waals surface area (Å²) in [7, 11) is 0. The smallest absolute Gasteiger partial charge is 0.304 e. The van der Waals surface area contributed by atoms with Crippen LogP contribution in [0.25, 0.3) is 4.96 Å². The summed E-state index contributed by atoms with van der Waals surface area (Å²) in [6.07, 6.45) is 1.73. The van der Waals surface area contributed by atoms with Crippen LogP contribution in [-0.4, -0.2) is 27.0 Å². The number of aromatic nitrogens is 2. The van der Waals surface area contributed by atoms with E-state index in [1.165, 1.54) is 21.8 Å². The maximum atomic E-state index is 11.6. The summed E-state index contributed by atoms with van der Waals surface area (Å²) in [5.74, 6) is -0.848. The Kier molecular flexibility index (Phi) is 3.50. The van der Waals surface area contributed by atoms with Gasteiger partial charge < -0.3 is 10.4 Å². The van der Waals surface area contributed by atoms with E-state index in [2.05, 4.69) is 10.3 Å². The molecule has 0 aromatic carbocycles. The third-order valence-corrected chi connectivity index (χ3v) is 2.93. The highest BCUT2D eigenvalue weighted by Gasteiger charge is 2.03. The second-order valence-corrected chi connectivity index (χ2v) is 4.33. The van der Waals surface area contributed by atoms with Crippen LogP contribution in [0.3, 0.4) is 0 Å². The fraction of sp³-hybridized carbons (Fsp3) is 0.300. The minimum atomic E-state index is -0.848. The number of hydrogen-bond acceptors (Lipinski definition) is 5. The lowest BCUT2D eigenvalue weighted by Gasteiger charge is -2.02. The Balaban J connectivity index is 2.04. The predicted molar refractivity (Wildman–Crippen MR) is 63.3 cm³/mol. The average molecular weight is 253 g/mol. The second kappa shape index (κ2) is 5.07. The average Bonchev–Trinajstić information content (AvgIpc) is 2.72. The number of nitrogens with one attached hydrogen (secondary N) is 1. The van der Waals surface area contributed by atoms with Gasteiger partial charge in [-0.15, -0.1) is 11.3 Å². The van der Waals surface area contributed by atoms with Crippen LogP contribution in [0.4, 0.5) is 0 Å². The zero-order valence-electron chi connectivity index (χ0n) is 8.92. The molecule has 2 aromatic heterocycles. The van der Waals surface area contributed by atoms with Gasteiger partial charge in [0.1, 0.15) is 0 Å². The number of carbonyl (C=O) groups is 1. The highest BCUT2D eigenvalue weighted by molar-refractivity contribution is 7.15. The maximum Gasteiger partial charge on any atom is 0.304 e. The van der Waals surface area contributed by atoms with Gasteiger partial charge in [0.25, 0.3) is 5.56 Å². The van der Waals surface area contributed by atoms with Gasteiger partial charge in [0, 0.05) is 30.7 Å². The first-order valence-corrected chi connectivity index (χ1v) is 5.93. The van der Waals surface area contributed by atoms with Gasteiger partial charge in [0.05, 0.1) is 12.1 Å². The van der Waals surface area contributed by atoms with Gasteiger partial charge in [-0.25, -0.2) is 4.98 Å². The molecule has 2 aromatic rings. The first-order valence-electron chi connectivity index (χ1n) is 5.05. The topological polar surface area (TPSA) is 83.7 Å². The number of rotatable bonds is 5. The number of nitrogens with zero attached hydrogens (tertiary/aromatic N) is 2. The molecule has 0 radical (unpaired) electrons. The highest BCUT2D eigenvalue weighted by atomic mass is 32.1. The van der Waals surface area contributed by atoms with Crippen molar-refractivity contribution in [2.24, 2.45) is 0 Å². The van der Waals surface area contributed by atoms with E-state index >= 15 is 0 Å². The van der Waals surface area contributed by atoms with E-state index in [1.54, 1.807) is 11.6 Å². The van der Waals surface area contributed by atoms with E-state index < -0.39 is 5.97 Å². The highest BCUT2D eigenvalue weighted by Crippen LogP contribution is 2.06. The molecule has 0 atom stereocenters. The minimum Gasteiger partial charge on any atom is -0.481 e. The van der Waals surface area contributed by atoms with Crippen LogP contribution in [0.5, 0.6) is 0 Å². The summed E-state index contributed by atoms with van der Waals surface area (Å²) in [6, 6.07) is 1.45. The molecule has 0 spiro atoms. The van der Waals surface area contributed by atoms with Crippen molar-refractivity contribution in [1.82, 2.24) is 14.7 Å². The Morgan fingerprint density at radius 3 is 3.18 bits per heavy atom. The molecule has 0 saturated carbocycles. The van der Waals surface area contributed by atoms with Crippen LogP contribution in [0.15, 0.2) is 22.4 Å². The van der Waals surface area contributed by atoms with E-state index in [0.717, 1.165) is 0 Å². The summed E-state index contributed by atoms with van der Waals surface area (Å²) < 4.78 is 1.48. The van der Waals surface area contributed by atoms with Crippen LogP contribution in [0, 0.1) is 0 Å². The fourth-order valence-electron chi connectivity index (χ4n) is 1.39. The molecule has 7 heteroatoms. The SMILES string of the molecule is O=C(O)CCNCc1cc(=O)n2ccsc2n1. The van der Waals surface area contributed by atoms with Crippen LogP contribution < -0.4 is 10.9 Å². The van der Waals surface area contributed by atoms with E-state index in [4.69, 9.17) is 5.11 Å². The molecule has 2 N–H and O–H groups in total. The number of thiazole rings is 1. The number of carboxylic acids is 1. The quantitative estimate of drug-likeness (QED) is 0.750. The van der Waals surface area contributed by atoms with Crippen molar-refractivity contribution in [2.75, 3.05) is 6.54 Å². The predicted octanol–water partition coefficient (Wildman–Crippen LogP) is 0.320. The molecule has 0 unspecified atom stereocenters. The second-order valence-electron chi connectivity index (χ2n) is 3.46. The lowest BCUT2D eigenvalue weighted by molar-refractivity contribution is -0.136. The molecule has 17 heavy (non-hydrogen) atoms. The lowest BCUT2D eigenvalue weighted by Crippen LogP contribution is -2.21. The van der Waals surface area contributed by atoms with Crippen LogP contribution in [-0.2, 0) is 11.3 Å². The van der Waals surface area contributed by atoms with Gasteiger partial charge in [0.2, 0.25) is 0 Å². The third-order valence-electron chi connectivity index (χ3n) is 2.18. The van der Waals surface area contributed by atoms with Crippen molar-refractivity contribution in [3.8, 4) is 0 Å². The lowest BCUT2D eigenvalue weighted by atomic mass is 10.3. The number of aliphatic carboxylic acids is 1. The monoisotopic (exact) mass is 253 g/mol. The molecule has 0 fully saturated rings. The Hall–Kier alpha value is -1.73. The summed E-state index contributed by atoms with van der Waals surface area (Å²) in [5, 5.41) is 13.2. The Bertz CT molecular complexity index is 590. The number of fused-ring (bicyclic) bond motifs is 1. The van der Waals surface area contributed by atoms with Crippen LogP contribution in [0.1, 0.15) is 12.1 Å². The van der Waals surface area contributed by atoms with Gasteiger partial charge in [-0.1, -0.05) is 0 Å². The van der Waals surface area contributed by atoms with Gasteiger partial charge in [0.15, 0.2) is 4.96 Å². The van der Waals surface area contributed by atoms with Gasteiger partial charge in [-0.05, 0) is 0 Å². The molecule has 0 saturated heterocycles. The van der Waals surface area contributed by atoms with Gasteiger partial charge in [-0.2, -0.15) is 0 Å². The molecule has 0 bridgehead atoms. The Morgan fingerprint density at radius 1 is 1.59 bits per heavy atom. The van der Waals surface area contributed by atoms with Crippen molar-refractivity contribution >= 4 is 22.3 Å². The van der Waals surface area contributed by atoms with Gasteiger partial charge >= 0.3 is 5.97 Å². The zero-order chi connectivity index (χ0) is 12.3. The fourth-order valence-corrected chi connectivity index (χ4v) is 2.13. The molecule has 0 aliphatic heterocycles. The van der Waals surface area contributed by atoms with Crippen LogP contribution >= 0.6 is 11.3 Å². The molecule has 0 amide bonds. The summed E-state index contributed by atoms with van der Waals surface area (Å²) >= 11 is 1.39. The molecule has 2 rings (SSSR count). The van der Waals surface area contributed by atoms with Crippen molar-refractivity contribution in [3.63, 3.8) is 0 Å². The maximum absolute atomic E-state index is 11.6. The van der Waals surface area contributed by atoms with Crippen LogP contribution in [0.2, 0.25) is 0 Å². The normalized spacial score (nSPS) is 10.8. The molecule has 0 aliphatic carbocycles. The van der Waals surface area contributed by atoms with Crippen molar-refractivity contribution in [2.45, 2.75) is 13.0 Å². The standard InChI is InChI=1S/C10H11N3O3S/c14-8-5-7(6-11-2-1-9(15)16)12-10-13(8)3-4-17-10/h3-5,11H,1-2,6H2,(H,15,16). The third kappa shape index (κ3) is 2.89. The van der Waals surface area contributed by atoms with Crippen molar-refractivity contribution in [1.29, 1.82) is 0 Å². The van der Waals surface area contributed by atoms with E-state index in [0.29, 0.717) is 23.7 Å². The van der Waals surface area contributed by atoms with E-state index in [9.17, 15) is 9.59 Å². The molecule has 6 nitrogen and oxygen atoms in total. The first-order chi connectivity index (χ1) is 8.16. The largest absolute Gasteiger partial charge is 0.481 e. The number of carboxylic acid groups (broad SMARTS) is 1. The molecule has 2 heterocycles. The summed E-state index contributed by atoms with van der Waals surface area (Å²) in [4.78, 5) is 26.8. The first kappa shape index (κ1) is 11.7. The van der Waals surface area contributed by atoms with Crippen molar-refractivity contribution < 1.29 is 9.90 Å². The molecular formula is C10H11N3O3S. The molecular weight excluding hydrogens is 242 g/mol. The summed E-state index contributed by atoms with van der Waals surface area (Å²) in [5.41, 5.74) is 0.508. The summed E-state index contributed by atoms with van der Waals surface area (Å²) in [6.45, 7) is 0.762. The van der Waals surface area contributed by atoms with Crippen molar-refractivity contribution in [3.05, 3.63) is 33.7 Å². The minimum absolute atomic E-state index is 0.0558. The Labute approximate surface area is 101 Å². The number of hydrogen-bond donors (Lipinski definition) is 2. The zero-order valence-corrected chi connectivity index (χ0v) is 9.74. The molecule has 90 valence electrons. The Morgan fingerprint density at radius 2 is 2.41 bits per heavy atom. The van der Waals surface area contributed by atoms with E-state index in [-0.39, 0.29) is 12.0 Å².